The molecule has 35 heavy (non-hydrogen) atoms. The Morgan fingerprint density at radius 1 is 0.943 bits per heavy atom. The molecule has 1 aliphatic heterocycles. The molecule has 0 fully saturated rings. The quantitative estimate of drug-likeness (QED) is 0.377. The third-order valence-corrected chi connectivity index (χ3v) is 6.30. The van der Waals surface area contributed by atoms with Crippen molar-refractivity contribution in [2.45, 2.75) is 25.6 Å². The summed E-state index contributed by atoms with van der Waals surface area (Å²) in [4.78, 5) is 2.39. The molecule has 4 aromatic rings. The summed E-state index contributed by atoms with van der Waals surface area (Å²) >= 11 is 0. The Balaban J connectivity index is 0.00000289. The molecule has 2 heterocycles. The molecule has 1 aromatic heterocycles. The van der Waals surface area contributed by atoms with E-state index in [2.05, 4.69) is 44.7 Å². The number of nitrogens with zero attached hydrogens (tertiary/aromatic N) is 5. The van der Waals surface area contributed by atoms with Gasteiger partial charge in [0.25, 0.3) is 0 Å². The van der Waals surface area contributed by atoms with Crippen LogP contribution in [0.2, 0.25) is 0 Å². The predicted molar refractivity (Wildman–Crippen MR) is 133 cm³/mol. The van der Waals surface area contributed by atoms with E-state index < -0.39 is 0 Å². The van der Waals surface area contributed by atoms with Crippen molar-refractivity contribution in [1.82, 2.24) is 25.1 Å². The van der Waals surface area contributed by atoms with Crippen LogP contribution in [0.5, 0.6) is 11.5 Å². The normalized spacial score (nSPS) is 14.0. The summed E-state index contributed by atoms with van der Waals surface area (Å²) in [6.45, 7) is 2.08. The predicted octanol–water partition coefficient (Wildman–Crippen LogP) is 4.45. The van der Waals surface area contributed by atoms with E-state index >= 15 is 0 Å². The highest BCUT2D eigenvalue weighted by atomic mass is 35.5. The highest BCUT2D eigenvalue weighted by molar-refractivity contribution is 5.85. The fraction of sp³-hybridized carbons (Fsp3) is 0.269. The van der Waals surface area contributed by atoms with Crippen molar-refractivity contribution in [2.75, 3.05) is 20.8 Å². The van der Waals surface area contributed by atoms with Gasteiger partial charge in [-0.3, -0.25) is 4.90 Å². The van der Waals surface area contributed by atoms with Crippen molar-refractivity contribution in [3.63, 3.8) is 0 Å². The summed E-state index contributed by atoms with van der Waals surface area (Å²) in [6, 6.07) is 20.7. The van der Waals surface area contributed by atoms with Gasteiger partial charge in [-0.25, -0.2) is 9.07 Å². The summed E-state index contributed by atoms with van der Waals surface area (Å²) in [5.41, 5.74) is 4.60. The van der Waals surface area contributed by atoms with Gasteiger partial charge < -0.3 is 9.47 Å². The molecule has 0 aliphatic carbocycles. The van der Waals surface area contributed by atoms with Crippen LogP contribution in [0, 0.1) is 5.82 Å². The Kier molecular flexibility index (Phi) is 7.63. The SMILES string of the molecule is COc1ccc(C(c2nnnn2Cc2ccc(F)cc2)N2CCc3ccccc3C2)cc1OC.Cl. The van der Waals surface area contributed by atoms with E-state index in [4.69, 9.17) is 9.47 Å². The average molecular weight is 496 g/mol. The number of ether oxygens (including phenoxy) is 2. The molecular formula is C26H27ClFN5O2. The lowest BCUT2D eigenvalue weighted by atomic mass is 9.95. The maximum Gasteiger partial charge on any atom is 0.173 e. The summed E-state index contributed by atoms with van der Waals surface area (Å²) in [5, 5.41) is 12.7. The largest absolute Gasteiger partial charge is 0.493 e. The van der Waals surface area contributed by atoms with Crippen LogP contribution < -0.4 is 9.47 Å². The van der Waals surface area contributed by atoms with Crippen LogP contribution in [0.1, 0.15) is 34.1 Å². The molecule has 0 spiro atoms. The Morgan fingerprint density at radius 3 is 2.43 bits per heavy atom. The first-order chi connectivity index (χ1) is 16.7. The van der Waals surface area contributed by atoms with Crippen LogP contribution in [0.25, 0.3) is 0 Å². The van der Waals surface area contributed by atoms with E-state index in [0.717, 1.165) is 36.5 Å². The number of fused-ring (bicyclic) bond motifs is 1. The molecule has 9 heteroatoms. The first-order valence-corrected chi connectivity index (χ1v) is 11.2. The Labute approximate surface area is 209 Å². The van der Waals surface area contributed by atoms with E-state index in [1.807, 2.05) is 18.2 Å². The van der Waals surface area contributed by atoms with Gasteiger partial charge in [0.1, 0.15) is 5.82 Å². The van der Waals surface area contributed by atoms with Crippen molar-refractivity contribution in [3.8, 4) is 11.5 Å². The summed E-state index contributed by atoms with van der Waals surface area (Å²) in [5.74, 6) is 1.77. The van der Waals surface area contributed by atoms with Gasteiger partial charge in [-0.05, 0) is 63.4 Å². The molecular weight excluding hydrogens is 469 g/mol. The second-order valence-electron chi connectivity index (χ2n) is 8.33. The van der Waals surface area contributed by atoms with Gasteiger partial charge in [-0.15, -0.1) is 17.5 Å². The topological polar surface area (TPSA) is 65.3 Å². The molecule has 7 nitrogen and oxygen atoms in total. The van der Waals surface area contributed by atoms with Crippen molar-refractivity contribution >= 4 is 12.4 Å². The lowest BCUT2D eigenvalue weighted by Gasteiger charge is -2.35. The minimum Gasteiger partial charge on any atom is -0.493 e. The Morgan fingerprint density at radius 2 is 1.69 bits per heavy atom. The minimum absolute atomic E-state index is 0. The fourth-order valence-electron chi connectivity index (χ4n) is 4.57. The molecule has 3 aromatic carbocycles. The molecule has 1 unspecified atom stereocenters. The van der Waals surface area contributed by atoms with Crippen LogP contribution in [0.4, 0.5) is 4.39 Å². The van der Waals surface area contributed by atoms with Gasteiger partial charge in [0.2, 0.25) is 0 Å². The zero-order valence-corrected chi connectivity index (χ0v) is 20.4. The number of halogens is 2. The lowest BCUT2D eigenvalue weighted by molar-refractivity contribution is 0.194. The van der Waals surface area contributed by atoms with Crippen molar-refractivity contribution in [2.24, 2.45) is 0 Å². The van der Waals surface area contributed by atoms with Crippen LogP contribution >= 0.6 is 12.4 Å². The number of benzene rings is 3. The van der Waals surface area contributed by atoms with Crippen molar-refractivity contribution in [3.05, 3.63) is 101 Å². The second-order valence-corrected chi connectivity index (χ2v) is 8.33. The summed E-state index contributed by atoms with van der Waals surface area (Å²) < 4.78 is 26.2. The number of hydrogen-bond acceptors (Lipinski definition) is 6. The van der Waals surface area contributed by atoms with Crippen molar-refractivity contribution in [1.29, 1.82) is 0 Å². The zero-order valence-electron chi connectivity index (χ0n) is 19.6. The summed E-state index contributed by atoms with van der Waals surface area (Å²) in [7, 11) is 3.26. The van der Waals surface area contributed by atoms with E-state index in [0.29, 0.717) is 18.0 Å². The number of hydrogen-bond donors (Lipinski definition) is 0. The highest BCUT2D eigenvalue weighted by Gasteiger charge is 2.31. The molecule has 0 bridgehead atoms. The number of aromatic nitrogens is 4. The molecule has 1 aliphatic rings. The molecule has 0 saturated carbocycles. The number of rotatable bonds is 7. The maximum atomic E-state index is 13.4. The van der Waals surface area contributed by atoms with Gasteiger partial charge in [0.05, 0.1) is 26.8 Å². The van der Waals surface area contributed by atoms with Crippen molar-refractivity contribution < 1.29 is 13.9 Å². The first kappa shape index (κ1) is 24.6. The van der Waals surface area contributed by atoms with Crippen LogP contribution in [0.3, 0.4) is 0 Å². The third-order valence-electron chi connectivity index (χ3n) is 6.30. The molecule has 1 atom stereocenters. The number of tetrazole rings is 1. The molecule has 182 valence electrons. The smallest absolute Gasteiger partial charge is 0.173 e. The average Bonchev–Trinajstić information content (AvgIpc) is 3.32. The minimum atomic E-state index is -0.268. The van der Waals surface area contributed by atoms with Crippen LogP contribution in [-0.4, -0.2) is 45.9 Å². The van der Waals surface area contributed by atoms with E-state index in [1.165, 1.54) is 23.3 Å². The zero-order chi connectivity index (χ0) is 23.5. The lowest BCUT2D eigenvalue weighted by Crippen LogP contribution is -2.36. The van der Waals surface area contributed by atoms with Crippen LogP contribution in [0.15, 0.2) is 66.7 Å². The third kappa shape index (κ3) is 5.13. The van der Waals surface area contributed by atoms with Gasteiger partial charge in [0, 0.05) is 13.1 Å². The van der Waals surface area contributed by atoms with Gasteiger partial charge >= 0.3 is 0 Å². The summed E-state index contributed by atoms with van der Waals surface area (Å²) in [6.07, 6.45) is 0.944. The molecule has 0 amide bonds. The number of methoxy groups -OCH3 is 2. The van der Waals surface area contributed by atoms with E-state index in [1.54, 1.807) is 31.0 Å². The van der Waals surface area contributed by atoms with E-state index in [-0.39, 0.29) is 24.3 Å². The first-order valence-electron chi connectivity index (χ1n) is 11.2. The van der Waals surface area contributed by atoms with Crippen LogP contribution in [-0.2, 0) is 19.5 Å². The molecule has 0 radical (unpaired) electrons. The molecule has 5 rings (SSSR count). The fourth-order valence-corrected chi connectivity index (χ4v) is 4.57. The van der Waals surface area contributed by atoms with Gasteiger partial charge in [0.15, 0.2) is 17.3 Å². The van der Waals surface area contributed by atoms with Gasteiger partial charge in [-0.2, -0.15) is 0 Å². The monoisotopic (exact) mass is 495 g/mol. The standard InChI is InChI=1S/C26H26FN5O2.ClH/c1-33-23-12-9-20(15-24(23)34-2)25(31-14-13-19-5-3-4-6-21(19)17-31)26-28-29-30-32(26)16-18-7-10-22(27)11-8-18;/h3-12,15,25H,13-14,16-17H2,1-2H3;1H. The molecule has 0 N–H and O–H groups in total. The Hall–Kier alpha value is -3.49. The van der Waals surface area contributed by atoms with Gasteiger partial charge in [-0.1, -0.05) is 42.5 Å². The molecule has 0 saturated heterocycles. The highest BCUT2D eigenvalue weighted by Crippen LogP contribution is 2.36. The van der Waals surface area contributed by atoms with E-state index in [9.17, 15) is 4.39 Å². The Bertz CT molecular complexity index is 1280. The maximum absolute atomic E-state index is 13.4. The second kappa shape index (κ2) is 10.8.